The molecule has 2 N–H and O–H groups in total. The Morgan fingerprint density at radius 2 is 1.92 bits per heavy atom. The molecule has 4 rings (SSSR count). The third-order valence-electron chi connectivity index (χ3n) is 6.72. The summed E-state index contributed by atoms with van der Waals surface area (Å²) in [5.74, 6) is 1.99. The molecule has 200 valence electrons. The fraction of sp³-hybridized carbons (Fsp3) is 0.464. The molecule has 1 saturated heterocycles. The molecule has 0 spiro atoms. The molecule has 1 fully saturated rings. The highest BCUT2D eigenvalue weighted by Gasteiger charge is 2.42. The Kier molecular flexibility index (Phi) is 8.97. The van der Waals surface area contributed by atoms with Crippen molar-refractivity contribution < 1.29 is 24.4 Å². The zero-order valence-corrected chi connectivity index (χ0v) is 22.4. The predicted octanol–water partition coefficient (Wildman–Crippen LogP) is 4.01. The molecule has 0 aliphatic carbocycles. The number of aliphatic hydroxyl groups excluding tert-OH is 1. The van der Waals surface area contributed by atoms with Crippen LogP contribution in [0.5, 0.6) is 17.2 Å². The summed E-state index contributed by atoms with van der Waals surface area (Å²) in [6.45, 7) is 6.68. The number of hydrogen-bond donors (Lipinski definition) is 2. The number of aromatic nitrogens is 2. The number of hydrogen-bond acceptors (Lipinski definition) is 7. The number of halogens is 1. The maximum absolute atomic E-state index is 11.3. The smallest absolute Gasteiger partial charge is 0.161 e. The van der Waals surface area contributed by atoms with Gasteiger partial charge in [-0.3, -0.25) is 9.58 Å². The van der Waals surface area contributed by atoms with E-state index >= 15 is 0 Å². The number of piperidine rings is 1. The molecule has 0 bridgehead atoms. The van der Waals surface area contributed by atoms with E-state index in [1.54, 1.807) is 13.3 Å². The second-order valence-corrected chi connectivity index (χ2v) is 10.1. The first kappa shape index (κ1) is 27.3. The molecule has 2 heterocycles. The van der Waals surface area contributed by atoms with E-state index in [-0.39, 0.29) is 13.2 Å². The van der Waals surface area contributed by atoms with Crippen LogP contribution in [-0.2, 0) is 13.1 Å². The maximum atomic E-state index is 11.3. The van der Waals surface area contributed by atoms with Crippen molar-refractivity contribution in [2.45, 2.75) is 51.5 Å². The normalized spacial score (nSPS) is 20.1. The van der Waals surface area contributed by atoms with Gasteiger partial charge in [-0.1, -0.05) is 17.7 Å². The Morgan fingerprint density at radius 3 is 2.62 bits per heavy atom. The number of nitrogens with zero attached hydrogens (tertiary/aromatic N) is 3. The van der Waals surface area contributed by atoms with E-state index in [2.05, 4.69) is 10.00 Å². The van der Waals surface area contributed by atoms with Gasteiger partial charge in [0.25, 0.3) is 0 Å². The largest absolute Gasteiger partial charge is 0.493 e. The zero-order chi connectivity index (χ0) is 26.4. The van der Waals surface area contributed by atoms with Crippen molar-refractivity contribution in [2.75, 3.05) is 33.4 Å². The minimum atomic E-state index is -1.39. The van der Waals surface area contributed by atoms with Crippen LogP contribution in [0.25, 0.3) is 0 Å². The number of methoxy groups -OCH3 is 1. The standard InChI is InChI=1S/C28H36ClN3O5/c1-20-14-23(15-21(2)27(20)29)37-19-28(34)18-31(12-8-26(28)33)17-22-6-7-24(35-3)25(16-22)36-13-5-11-32-10-4-9-30-32/h4,6-7,9-10,14-16,26,33-34H,5,8,11-13,17-19H2,1-3H3/t26-,28-/m0/s1. The van der Waals surface area contributed by atoms with Gasteiger partial charge >= 0.3 is 0 Å². The molecule has 3 aromatic rings. The average molecular weight is 530 g/mol. The lowest BCUT2D eigenvalue weighted by Crippen LogP contribution is -2.59. The van der Waals surface area contributed by atoms with Gasteiger partial charge in [0.2, 0.25) is 0 Å². The van der Waals surface area contributed by atoms with Crippen molar-refractivity contribution >= 4 is 11.6 Å². The van der Waals surface area contributed by atoms with Crippen LogP contribution < -0.4 is 14.2 Å². The molecule has 0 radical (unpaired) electrons. The van der Waals surface area contributed by atoms with E-state index < -0.39 is 11.7 Å². The zero-order valence-electron chi connectivity index (χ0n) is 21.7. The number of rotatable bonds is 11. The van der Waals surface area contributed by atoms with Crippen molar-refractivity contribution in [3.63, 3.8) is 0 Å². The van der Waals surface area contributed by atoms with Crippen LogP contribution in [0.15, 0.2) is 48.8 Å². The van der Waals surface area contributed by atoms with Crippen LogP contribution >= 0.6 is 11.6 Å². The van der Waals surface area contributed by atoms with Crippen LogP contribution in [-0.4, -0.2) is 70.0 Å². The van der Waals surface area contributed by atoms with Crippen molar-refractivity contribution in [1.29, 1.82) is 0 Å². The number of benzene rings is 2. The molecule has 8 nitrogen and oxygen atoms in total. The second-order valence-electron chi connectivity index (χ2n) is 9.73. The molecule has 0 unspecified atom stereocenters. The van der Waals surface area contributed by atoms with Gasteiger partial charge in [0.1, 0.15) is 18.0 Å². The summed E-state index contributed by atoms with van der Waals surface area (Å²) in [6, 6.07) is 11.5. The first-order chi connectivity index (χ1) is 17.8. The monoisotopic (exact) mass is 529 g/mol. The van der Waals surface area contributed by atoms with Gasteiger partial charge in [-0.2, -0.15) is 5.10 Å². The summed E-state index contributed by atoms with van der Waals surface area (Å²) >= 11 is 6.26. The van der Waals surface area contributed by atoms with Crippen LogP contribution in [0.3, 0.4) is 0 Å². The van der Waals surface area contributed by atoms with E-state index in [0.29, 0.717) is 48.4 Å². The lowest BCUT2D eigenvalue weighted by atomic mass is 9.90. The number of ether oxygens (including phenoxy) is 3. The fourth-order valence-corrected chi connectivity index (χ4v) is 4.76. The molecule has 1 aromatic heterocycles. The van der Waals surface area contributed by atoms with E-state index in [9.17, 15) is 10.2 Å². The Bertz CT molecular complexity index is 1150. The Balaban J connectivity index is 1.36. The van der Waals surface area contributed by atoms with E-state index in [1.165, 1.54) is 0 Å². The van der Waals surface area contributed by atoms with Crippen LogP contribution in [0.4, 0.5) is 0 Å². The van der Waals surface area contributed by atoms with Crippen molar-refractivity contribution in [2.24, 2.45) is 0 Å². The quantitative estimate of drug-likeness (QED) is 0.363. The van der Waals surface area contributed by atoms with E-state index in [4.69, 9.17) is 25.8 Å². The lowest BCUT2D eigenvalue weighted by molar-refractivity contribution is -0.140. The molecular weight excluding hydrogens is 494 g/mol. The number of β-amino-alcohol motifs (C(OH)–C–C–N with tert-alkyl or cyclic N) is 1. The van der Waals surface area contributed by atoms with E-state index in [1.807, 2.05) is 61.1 Å². The second kappa shape index (κ2) is 12.2. The third-order valence-corrected chi connectivity index (χ3v) is 7.31. The third kappa shape index (κ3) is 6.96. The Labute approximate surface area is 223 Å². The number of aryl methyl sites for hydroxylation is 3. The SMILES string of the molecule is COc1ccc(CN2CC[C@H](O)[C@@](O)(COc3cc(C)c(Cl)c(C)c3)C2)cc1OCCCn1cccn1. The molecule has 37 heavy (non-hydrogen) atoms. The van der Waals surface area contributed by atoms with Gasteiger partial charge in [-0.05, 0) is 67.3 Å². The highest BCUT2D eigenvalue weighted by Crippen LogP contribution is 2.31. The van der Waals surface area contributed by atoms with Gasteiger partial charge in [0.05, 0.1) is 19.8 Å². The van der Waals surface area contributed by atoms with Gasteiger partial charge < -0.3 is 24.4 Å². The molecule has 9 heteroatoms. The first-order valence-electron chi connectivity index (χ1n) is 12.6. The van der Waals surface area contributed by atoms with Crippen molar-refractivity contribution in [3.05, 3.63) is 70.5 Å². The summed E-state index contributed by atoms with van der Waals surface area (Å²) in [7, 11) is 1.63. The van der Waals surface area contributed by atoms with E-state index in [0.717, 1.165) is 29.7 Å². The molecule has 1 aliphatic rings. The van der Waals surface area contributed by atoms with Gasteiger partial charge in [0, 0.05) is 50.0 Å². The summed E-state index contributed by atoms with van der Waals surface area (Å²) in [6.07, 6.45) is 4.09. The molecule has 2 atom stereocenters. The molecule has 1 aliphatic heterocycles. The van der Waals surface area contributed by atoms with Crippen molar-refractivity contribution in [1.82, 2.24) is 14.7 Å². The molecule has 0 saturated carbocycles. The highest BCUT2D eigenvalue weighted by atomic mass is 35.5. The topological polar surface area (TPSA) is 89.2 Å². The molecule has 0 amide bonds. The van der Waals surface area contributed by atoms with Crippen LogP contribution in [0.2, 0.25) is 5.02 Å². The average Bonchev–Trinajstić information content (AvgIpc) is 3.40. The van der Waals surface area contributed by atoms with Gasteiger partial charge in [-0.15, -0.1) is 0 Å². The summed E-state index contributed by atoms with van der Waals surface area (Å²) < 4.78 is 19.3. The fourth-order valence-electron chi connectivity index (χ4n) is 4.65. The summed E-state index contributed by atoms with van der Waals surface area (Å²) in [5.41, 5.74) is 1.46. The maximum Gasteiger partial charge on any atom is 0.161 e. The Hall–Kier alpha value is -2.78. The predicted molar refractivity (Wildman–Crippen MR) is 143 cm³/mol. The lowest BCUT2D eigenvalue weighted by Gasteiger charge is -2.42. The summed E-state index contributed by atoms with van der Waals surface area (Å²) in [5, 5.41) is 26.8. The molecule has 2 aromatic carbocycles. The molecular formula is C28H36ClN3O5. The number of likely N-dealkylation sites (tertiary alicyclic amines) is 1. The Morgan fingerprint density at radius 1 is 1.14 bits per heavy atom. The number of aliphatic hydroxyl groups is 2. The van der Waals surface area contributed by atoms with Crippen molar-refractivity contribution in [3.8, 4) is 17.2 Å². The minimum absolute atomic E-state index is 0.0155. The van der Waals surface area contributed by atoms with Crippen LogP contribution in [0, 0.1) is 13.8 Å². The highest BCUT2D eigenvalue weighted by molar-refractivity contribution is 6.32. The first-order valence-corrected chi connectivity index (χ1v) is 12.9. The minimum Gasteiger partial charge on any atom is -0.493 e. The van der Waals surface area contributed by atoms with Gasteiger partial charge in [0.15, 0.2) is 11.5 Å². The van der Waals surface area contributed by atoms with Gasteiger partial charge in [-0.25, -0.2) is 0 Å². The van der Waals surface area contributed by atoms with Crippen LogP contribution in [0.1, 0.15) is 29.5 Å². The summed E-state index contributed by atoms with van der Waals surface area (Å²) in [4.78, 5) is 2.12.